The van der Waals surface area contributed by atoms with Crippen molar-refractivity contribution in [3.8, 4) is 17.2 Å². The van der Waals surface area contributed by atoms with Gasteiger partial charge < -0.3 is 24.2 Å². The zero-order valence-corrected chi connectivity index (χ0v) is 23.1. The molecule has 2 atom stereocenters. The predicted molar refractivity (Wildman–Crippen MR) is 150 cm³/mol. The molecule has 0 unspecified atom stereocenters. The van der Waals surface area contributed by atoms with Crippen LogP contribution in [0, 0.1) is 0 Å². The molecule has 1 saturated heterocycles. The number of aromatic nitrogens is 1. The lowest BCUT2D eigenvalue weighted by molar-refractivity contribution is -0.140. The summed E-state index contributed by atoms with van der Waals surface area (Å²) in [4.78, 5) is 32.6. The molecule has 0 aliphatic carbocycles. The number of aliphatic hydroxyl groups is 1. The summed E-state index contributed by atoms with van der Waals surface area (Å²) in [5, 5.41) is 11.6. The molecule has 5 rings (SSSR count). The lowest BCUT2D eigenvalue weighted by Gasteiger charge is -2.26. The Morgan fingerprint density at radius 3 is 2.60 bits per heavy atom. The fraction of sp³-hybridized carbons (Fsp3) is 0.344. The highest BCUT2D eigenvalue weighted by Gasteiger charge is 2.46. The SMILES string of the molecule is CCCCOc1ccc([C@H]2/C(=C(\O)c3ccc4c(c3)C[C@@H](C)O4)C(=O)C(=O)N2Cc2ccncc2)cc1OCC. The molecule has 2 aliphatic rings. The Morgan fingerprint density at radius 2 is 1.85 bits per heavy atom. The highest BCUT2D eigenvalue weighted by atomic mass is 16.5. The van der Waals surface area contributed by atoms with Gasteiger partial charge in [-0.25, -0.2) is 0 Å². The van der Waals surface area contributed by atoms with E-state index < -0.39 is 17.7 Å². The smallest absolute Gasteiger partial charge is 0.295 e. The van der Waals surface area contributed by atoms with Gasteiger partial charge in [0, 0.05) is 30.9 Å². The third-order valence-electron chi connectivity index (χ3n) is 7.15. The van der Waals surface area contributed by atoms with Crippen molar-refractivity contribution in [1.29, 1.82) is 0 Å². The van der Waals surface area contributed by atoms with E-state index in [1.807, 2.05) is 26.0 Å². The molecule has 1 aromatic heterocycles. The molecule has 3 aromatic rings. The van der Waals surface area contributed by atoms with Crippen LogP contribution in [-0.4, -0.2) is 46.0 Å². The number of hydrogen-bond acceptors (Lipinski definition) is 7. The maximum absolute atomic E-state index is 13.5. The molecule has 3 heterocycles. The number of hydrogen-bond donors (Lipinski definition) is 1. The van der Waals surface area contributed by atoms with Crippen molar-refractivity contribution in [2.24, 2.45) is 0 Å². The number of amides is 1. The number of ketones is 1. The van der Waals surface area contributed by atoms with Crippen LogP contribution in [-0.2, 0) is 22.6 Å². The Morgan fingerprint density at radius 1 is 1.05 bits per heavy atom. The Hall–Kier alpha value is -4.33. The summed E-state index contributed by atoms with van der Waals surface area (Å²) >= 11 is 0. The van der Waals surface area contributed by atoms with Crippen molar-refractivity contribution < 1.29 is 28.9 Å². The maximum atomic E-state index is 13.5. The van der Waals surface area contributed by atoms with E-state index in [1.54, 1.807) is 48.8 Å². The molecule has 0 bridgehead atoms. The highest BCUT2D eigenvalue weighted by molar-refractivity contribution is 6.46. The summed E-state index contributed by atoms with van der Waals surface area (Å²) in [5.41, 5.74) is 2.90. The van der Waals surface area contributed by atoms with Gasteiger partial charge >= 0.3 is 0 Å². The van der Waals surface area contributed by atoms with Gasteiger partial charge in [-0.3, -0.25) is 14.6 Å². The van der Waals surface area contributed by atoms with Crippen molar-refractivity contribution in [3.63, 3.8) is 0 Å². The molecule has 0 spiro atoms. The van der Waals surface area contributed by atoms with Crippen molar-refractivity contribution in [1.82, 2.24) is 9.88 Å². The van der Waals surface area contributed by atoms with Gasteiger partial charge in [-0.15, -0.1) is 0 Å². The number of benzene rings is 2. The highest BCUT2D eigenvalue weighted by Crippen LogP contribution is 2.43. The summed E-state index contributed by atoms with van der Waals surface area (Å²) in [6.07, 6.45) is 5.93. The van der Waals surface area contributed by atoms with Crippen LogP contribution in [0.3, 0.4) is 0 Å². The average molecular weight is 543 g/mol. The number of rotatable bonds is 10. The van der Waals surface area contributed by atoms with Gasteiger partial charge in [0.1, 0.15) is 17.6 Å². The number of unbranched alkanes of at least 4 members (excludes halogenated alkanes) is 1. The van der Waals surface area contributed by atoms with Crippen LogP contribution >= 0.6 is 0 Å². The topological polar surface area (TPSA) is 98.2 Å². The summed E-state index contributed by atoms with van der Waals surface area (Å²) in [6.45, 7) is 7.10. The number of carbonyl (C=O) groups is 2. The monoisotopic (exact) mass is 542 g/mol. The van der Waals surface area contributed by atoms with Gasteiger partial charge in [-0.1, -0.05) is 19.4 Å². The molecule has 0 saturated carbocycles. The third kappa shape index (κ3) is 5.39. The Balaban J connectivity index is 1.61. The average Bonchev–Trinajstić information content (AvgIpc) is 3.45. The molecule has 0 radical (unpaired) electrons. The van der Waals surface area contributed by atoms with Crippen LogP contribution in [0.25, 0.3) is 5.76 Å². The molecular weight excluding hydrogens is 508 g/mol. The van der Waals surface area contributed by atoms with E-state index in [0.29, 0.717) is 42.3 Å². The van der Waals surface area contributed by atoms with E-state index in [1.165, 1.54) is 4.90 Å². The van der Waals surface area contributed by atoms with Gasteiger partial charge in [0.05, 0.1) is 24.8 Å². The van der Waals surface area contributed by atoms with Crippen LogP contribution in [0.4, 0.5) is 0 Å². The molecule has 1 fully saturated rings. The molecule has 40 heavy (non-hydrogen) atoms. The fourth-order valence-electron chi connectivity index (χ4n) is 5.21. The zero-order chi connectivity index (χ0) is 28.2. The van der Waals surface area contributed by atoms with Gasteiger partial charge in [-0.2, -0.15) is 0 Å². The Labute approximate surface area is 234 Å². The Kier molecular flexibility index (Phi) is 8.05. The number of aliphatic hydroxyl groups excluding tert-OH is 1. The van der Waals surface area contributed by atoms with E-state index in [-0.39, 0.29) is 24.0 Å². The number of pyridine rings is 1. The number of likely N-dealkylation sites (tertiary alicyclic amines) is 1. The maximum Gasteiger partial charge on any atom is 0.295 e. The fourth-order valence-corrected chi connectivity index (χ4v) is 5.21. The second kappa shape index (κ2) is 11.8. The third-order valence-corrected chi connectivity index (χ3v) is 7.15. The molecule has 2 aliphatic heterocycles. The number of carbonyl (C=O) groups excluding carboxylic acids is 2. The van der Waals surface area contributed by atoms with E-state index in [4.69, 9.17) is 14.2 Å². The number of nitrogens with zero attached hydrogens (tertiary/aromatic N) is 2. The first-order chi connectivity index (χ1) is 19.4. The first-order valence-electron chi connectivity index (χ1n) is 13.8. The second-order valence-corrected chi connectivity index (χ2v) is 10.1. The van der Waals surface area contributed by atoms with Crippen LogP contribution in [0.2, 0.25) is 0 Å². The van der Waals surface area contributed by atoms with Gasteiger partial charge in [0.25, 0.3) is 11.7 Å². The largest absolute Gasteiger partial charge is 0.507 e. The molecule has 8 nitrogen and oxygen atoms in total. The summed E-state index contributed by atoms with van der Waals surface area (Å²) < 4.78 is 17.7. The first kappa shape index (κ1) is 27.2. The lowest BCUT2D eigenvalue weighted by Crippen LogP contribution is -2.29. The van der Waals surface area contributed by atoms with E-state index in [2.05, 4.69) is 11.9 Å². The second-order valence-electron chi connectivity index (χ2n) is 10.1. The van der Waals surface area contributed by atoms with Crippen molar-refractivity contribution in [2.75, 3.05) is 13.2 Å². The molecule has 1 N–H and O–H groups in total. The summed E-state index contributed by atoms with van der Waals surface area (Å²) in [5.74, 6) is 0.251. The van der Waals surface area contributed by atoms with Crippen molar-refractivity contribution in [2.45, 2.75) is 58.7 Å². The van der Waals surface area contributed by atoms with E-state index in [0.717, 1.165) is 29.7 Å². The predicted octanol–water partition coefficient (Wildman–Crippen LogP) is 5.60. The quantitative estimate of drug-likeness (QED) is 0.154. The Bertz CT molecular complexity index is 1430. The van der Waals surface area contributed by atoms with Crippen LogP contribution in [0.1, 0.15) is 61.9 Å². The van der Waals surface area contributed by atoms with Crippen molar-refractivity contribution in [3.05, 3.63) is 88.8 Å². The first-order valence-corrected chi connectivity index (χ1v) is 13.8. The number of fused-ring (bicyclic) bond motifs is 1. The van der Waals surface area contributed by atoms with Gasteiger partial charge in [0.2, 0.25) is 0 Å². The number of ether oxygens (including phenoxy) is 3. The molecule has 8 heteroatoms. The summed E-state index contributed by atoms with van der Waals surface area (Å²) in [6, 6.07) is 13.5. The minimum absolute atomic E-state index is 0.0352. The number of Topliss-reactive ketones (excluding diaryl/α,β-unsaturated/α-hetero) is 1. The molecule has 2 aromatic carbocycles. The lowest BCUT2D eigenvalue weighted by atomic mass is 9.94. The van der Waals surface area contributed by atoms with Crippen molar-refractivity contribution >= 4 is 17.4 Å². The molecular formula is C32H34N2O6. The normalized spacial score (nSPS) is 19.4. The minimum atomic E-state index is -0.833. The van der Waals surface area contributed by atoms with E-state index >= 15 is 0 Å². The van der Waals surface area contributed by atoms with Gasteiger partial charge in [-0.05, 0) is 79.4 Å². The van der Waals surface area contributed by atoms with Crippen LogP contribution in [0.15, 0.2) is 66.5 Å². The van der Waals surface area contributed by atoms with Gasteiger partial charge in [0.15, 0.2) is 11.5 Å². The minimum Gasteiger partial charge on any atom is -0.507 e. The molecule has 1 amide bonds. The zero-order valence-electron chi connectivity index (χ0n) is 23.1. The summed E-state index contributed by atoms with van der Waals surface area (Å²) in [7, 11) is 0. The van der Waals surface area contributed by atoms with E-state index in [9.17, 15) is 14.7 Å². The van der Waals surface area contributed by atoms with Crippen LogP contribution < -0.4 is 14.2 Å². The molecule has 208 valence electrons. The van der Waals surface area contributed by atoms with Crippen LogP contribution in [0.5, 0.6) is 17.2 Å². The standard InChI is InChI=1S/C32H34N2O6/c1-4-6-15-39-26-10-7-22(18-27(26)38-5-2)29-28(30(35)23-8-9-25-24(17-23)16-20(3)40-25)31(36)32(37)34(29)19-21-11-13-33-14-12-21/h7-14,17-18,20,29,35H,4-6,15-16,19H2,1-3H3/b30-28+/t20-,29+/m1/s1.